The molecule has 11 heteroatoms. The van der Waals surface area contributed by atoms with E-state index in [0.717, 1.165) is 27.7 Å². The first kappa shape index (κ1) is 28.1. The second-order valence-corrected chi connectivity index (χ2v) is 10.5. The second kappa shape index (κ2) is 13.2. The molecule has 4 aromatic rings. The molecule has 0 atom stereocenters. The molecule has 0 saturated carbocycles. The number of hydrogen-bond donors (Lipinski definition) is 1. The molecular formula is C28H29N5O4S2. The molecule has 2 amide bonds. The predicted molar refractivity (Wildman–Crippen MR) is 153 cm³/mol. The summed E-state index contributed by atoms with van der Waals surface area (Å²) in [6.45, 7) is 3.80. The Morgan fingerprint density at radius 3 is 2.41 bits per heavy atom. The van der Waals surface area contributed by atoms with Gasteiger partial charge in [-0.05, 0) is 32.0 Å². The predicted octanol–water partition coefficient (Wildman–Crippen LogP) is 4.99. The molecular weight excluding hydrogens is 534 g/mol. The third-order valence-electron chi connectivity index (χ3n) is 5.60. The Hall–Kier alpha value is -3.96. The monoisotopic (exact) mass is 563 g/mol. The lowest BCUT2D eigenvalue weighted by atomic mass is 10.2. The van der Waals surface area contributed by atoms with Crippen LogP contribution in [0.3, 0.4) is 0 Å². The van der Waals surface area contributed by atoms with Crippen LogP contribution >= 0.6 is 23.1 Å². The summed E-state index contributed by atoms with van der Waals surface area (Å²) >= 11 is 2.69. The molecule has 2 aromatic heterocycles. The number of carbonyl (C=O) groups is 2. The maximum Gasteiger partial charge on any atom is 0.244 e. The van der Waals surface area contributed by atoms with E-state index in [9.17, 15) is 9.59 Å². The Morgan fingerprint density at radius 2 is 1.72 bits per heavy atom. The van der Waals surface area contributed by atoms with Crippen LogP contribution in [0.15, 0.2) is 65.1 Å². The number of carbonyl (C=O) groups excluding carboxylic acids is 2. The van der Waals surface area contributed by atoms with Crippen LogP contribution < -0.4 is 14.8 Å². The maximum atomic E-state index is 13.4. The zero-order valence-electron chi connectivity index (χ0n) is 22.1. The van der Waals surface area contributed by atoms with Crippen LogP contribution in [0.25, 0.3) is 11.3 Å². The van der Waals surface area contributed by atoms with Crippen LogP contribution in [-0.4, -0.2) is 58.2 Å². The fraction of sp³-hybridized carbons (Fsp3) is 0.250. The van der Waals surface area contributed by atoms with Gasteiger partial charge in [0.05, 0.1) is 37.9 Å². The van der Waals surface area contributed by atoms with Crippen molar-refractivity contribution in [2.24, 2.45) is 0 Å². The van der Waals surface area contributed by atoms with Crippen molar-refractivity contribution in [3.8, 4) is 22.8 Å². The summed E-state index contributed by atoms with van der Waals surface area (Å²) in [5, 5.41) is 6.04. The summed E-state index contributed by atoms with van der Waals surface area (Å²) in [6.07, 6.45) is 0. The second-order valence-electron chi connectivity index (χ2n) is 8.58. The van der Waals surface area contributed by atoms with Crippen molar-refractivity contribution in [3.63, 3.8) is 0 Å². The van der Waals surface area contributed by atoms with Crippen molar-refractivity contribution < 1.29 is 19.1 Å². The fourth-order valence-electron chi connectivity index (χ4n) is 3.76. The van der Waals surface area contributed by atoms with Crippen molar-refractivity contribution in [2.75, 3.05) is 31.8 Å². The van der Waals surface area contributed by atoms with Gasteiger partial charge in [0.25, 0.3) is 0 Å². The van der Waals surface area contributed by atoms with Crippen LogP contribution in [0.5, 0.6) is 11.5 Å². The van der Waals surface area contributed by atoms with Crippen LogP contribution in [0.2, 0.25) is 0 Å². The number of aromatic nitrogens is 3. The highest BCUT2D eigenvalue weighted by molar-refractivity contribution is 7.99. The minimum atomic E-state index is -0.362. The molecule has 0 aliphatic carbocycles. The van der Waals surface area contributed by atoms with E-state index in [0.29, 0.717) is 22.3 Å². The number of aryl methyl sites for hydroxylation is 2. The summed E-state index contributed by atoms with van der Waals surface area (Å²) in [6, 6.07) is 16.8. The number of nitrogens with one attached hydrogen (secondary N) is 1. The van der Waals surface area contributed by atoms with Gasteiger partial charge in [-0.2, -0.15) is 0 Å². The summed E-state index contributed by atoms with van der Waals surface area (Å²) in [7, 11) is 3.07. The first-order chi connectivity index (χ1) is 18.8. The molecule has 1 N–H and O–H groups in total. The van der Waals surface area contributed by atoms with Crippen molar-refractivity contribution in [1.82, 2.24) is 19.9 Å². The molecule has 0 spiro atoms. The summed E-state index contributed by atoms with van der Waals surface area (Å²) < 4.78 is 10.6. The van der Waals surface area contributed by atoms with Crippen LogP contribution in [0, 0.1) is 13.8 Å². The number of thiazole rings is 1. The average Bonchev–Trinajstić information content (AvgIpc) is 3.40. The van der Waals surface area contributed by atoms with Crippen molar-refractivity contribution >= 4 is 40.6 Å². The quantitative estimate of drug-likeness (QED) is 0.201. The van der Waals surface area contributed by atoms with Gasteiger partial charge < -0.3 is 19.7 Å². The topological polar surface area (TPSA) is 107 Å². The average molecular weight is 564 g/mol. The highest BCUT2D eigenvalue weighted by Gasteiger charge is 2.21. The van der Waals surface area contributed by atoms with Crippen molar-refractivity contribution in [2.45, 2.75) is 25.5 Å². The van der Waals surface area contributed by atoms with Crippen LogP contribution in [-0.2, 0) is 16.1 Å². The molecule has 0 saturated heterocycles. The number of rotatable bonds is 11. The molecule has 202 valence electrons. The molecule has 0 unspecified atom stereocenters. The molecule has 39 heavy (non-hydrogen) atoms. The number of ether oxygens (including phenoxy) is 2. The van der Waals surface area contributed by atoms with Gasteiger partial charge in [0.1, 0.15) is 23.1 Å². The normalized spacial score (nSPS) is 10.7. The number of methoxy groups -OCH3 is 2. The van der Waals surface area contributed by atoms with Crippen molar-refractivity contribution in [1.29, 1.82) is 0 Å². The van der Waals surface area contributed by atoms with Gasteiger partial charge in [-0.1, -0.05) is 42.1 Å². The molecule has 0 radical (unpaired) electrons. The lowest BCUT2D eigenvalue weighted by molar-refractivity contribution is -0.132. The highest BCUT2D eigenvalue weighted by atomic mass is 32.2. The fourth-order valence-corrected chi connectivity index (χ4v) is 5.43. The summed E-state index contributed by atoms with van der Waals surface area (Å²) in [4.78, 5) is 41.5. The Morgan fingerprint density at radius 1 is 0.974 bits per heavy atom. The van der Waals surface area contributed by atoms with Gasteiger partial charge in [0.15, 0.2) is 5.16 Å². The Bertz CT molecular complexity index is 1420. The number of amides is 2. The Kier molecular flexibility index (Phi) is 9.50. The third-order valence-corrected chi connectivity index (χ3v) is 7.27. The molecule has 0 bridgehead atoms. The minimum Gasteiger partial charge on any atom is -0.497 e. The molecule has 2 aromatic carbocycles. The first-order valence-electron chi connectivity index (χ1n) is 12.1. The molecule has 4 rings (SSSR count). The number of anilines is 1. The van der Waals surface area contributed by atoms with E-state index in [1.807, 2.05) is 55.6 Å². The SMILES string of the molecule is COc1ccc(NC(=O)CN(Cc2nc(-c3ccccc3)cs2)C(=O)CSc2nc(C)cc(C)n2)c(OC)c1. The van der Waals surface area contributed by atoms with Crippen LogP contribution in [0.4, 0.5) is 5.69 Å². The number of benzene rings is 2. The largest absolute Gasteiger partial charge is 0.497 e. The van der Waals surface area contributed by atoms with E-state index in [-0.39, 0.29) is 30.7 Å². The zero-order valence-corrected chi connectivity index (χ0v) is 23.8. The molecule has 2 heterocycles. The maximum absolute atomic E-state index is 13.4. The van der Waals surface area contributed by atoms with Gasteiger partial charge in [-0.15, -0.1) is 11.3 Å². The van der Waals surface area contributed by atoms with Crippen LogP contribution in [0.1, 0.15) is 16.4 Å². The van der Waals surface area contributed by atoms with E-state index in [4.69, 9.17) is 14.5 Å². The lowest BCUT2D eigenvalue weighted by Crippen LogP contribution is -2.38. The molecule has 9 nitrogen and oxygen atoms in total. The standard InChI is InChI=1S/C28H29N5O4S2/c1-18-12-19(2)30-28(29-18)39-17-27(35)33(15-26-32-23(16-38-26)20-8-6-5-7-9-20)14-25(34)31-22-11-10-21(36-3)13-24(22)37-4/h5-13,16H,14-15,17H2,1-4H3,(H,31,34). The summed E-state index contributed by atoms with van der Waals surface area (Å²) in [5.74, 6) is 0.551. The van der Waals surface area contributed by atoms with E-state index >= 15 is 0 Å². The number of thioether (sulfide) groups is 1. The number of nitrogens with zero attached hydrogens (tertiary/aromatic N) is 4. The van der Waals surface area contributed by atoms with E-state index < -0.39 is 0 Å². The minimum absolute atomic E-state index is 0.0823. The smallest absolute Gasteiger partial charge is 0.244 e. The van der Waals surface area contributed by atoms with Gasteiger partial charge in [-0.3, -0.25) is 9.59 Å². The first-order valence-corrected chi connectivity index (χ1v) is 14.0. The molecule has 0 aliphatic heterocycles. The Balaban J connectivity index is 1.50. The highest BCUT2D eigenvalue weighted by Crippen LogP contribution is 2.29. The van der Waals surface area contributed by atoms with Gasteiger partial charge >= 0.3 is 0 Å². The van der Waals surface area contributed by atoms with E-state index in [1.54, 1.807) is 25.3 Å². The van der Waals surface area contributed by atoms with Gasteiger partial charge in [-0.25, -0.2) is 15.0 Å². The van der Waals surface area contributed by atoms with Gasteiger partial charge in [0.2, 0.25) is 11.8 Å². The van der Waals surface area contributed by atoms with E-state index in [2.05, 4.69) is 15.3 Å². The third kappa shape index (κ3) is 7.78. The lowest BCUT2D eigenvalue weighted by Gasteiger charge is -2.21. The van der Waals surface area contributed by atoms with E-state index in [1.165, 1.54) is 35.1 Å². The molecule has 0 fully saturated rings. The summed E-state index contributed by atoms with van der Waals surface area (Å²) in [5.41, 5.74) is 3.96. The Labute approximate surface area is 235 Å². The molecule has 0 aliphatic rings. The number of hydrogen-bond acceptors (Lipinski definition) is 9. The van der Waals surface area contributed by atoms with Crippen molar-refractivity contribution in [3.05, 3.63) is 76.4 Å². The zero-order chi connectivity index (χ0) is 27.8. The van der Waals surface area contributed by atoms with Gasteiger partial charge in [0, 0.05) is 28.4 Å².